The van der Waals surface area contributed by atoms with Crippen molar-refractivity contribution in [3.63, 3.8) is 0 Å². The molecule has 0 amide bonds. The van der Waals surface area contributed by atoms with Crippen molar-refractivity contribution in [3.8, 4) is 11.5 Å². The summed E-state index contributed by atoms with van der Waals surface area (Å²) in [5.41, 5.74) is 1.25. The second-order valence-corrected chi connectivity index (χ2v) is 5.92. The molecular weight excluding hydrogens is 264 g/mol. The summed E-state index contributed by atoms with van der Waals surface area (Å²) < 4.78 is 11.5. The van der Waals surface area contributed by atoms with E-state index in [1.165, 1.54) is 24.9 Å². The molecule has 1 atom stereocenters. The smallest absolute Gasteiger partial charge is 0.163 e. The molecule has 4 heteroatoms. The molecule has 21 heavy (non-hydrogen) atoms. The van der Waals surface area contributed by atoms with E-state index < -0.39 is 0 Å². The van der Waals surface area contributed by atoms with Crippen molar-refractivity contribution >= 4 is 5.69 Å². The van der Waals surface area contributed by atoms with Gasteiger partial charge >= 0.3 is 0 Å². The monoisotopic (exact) mass is 290 g/mol. The molecule has 0 aromatic heterocycles. The maximum absolute atomic E-state index is 5.80. The Morgan fingerprint density at radius 3 is 2.90 bits per heavy atom. The van der Waals surface area contributed by atoms with Crippen LogP contribution in [0.5, 0.6) is 11.5 Å². The second-order valence-electron chi connectivity index (χ2n) is 5.92. The molecule has 116 valence electrons. The van der Waals surface area contributed by atoms with E-state index in [0.29, 0.717) is 6.04 Å². The third kappa shape index (κ3) is 3.62. The van der Waals surface area contributed by atoms with E-state index in [-0.39, 0.29) is 0 Å². The summed E-state index contributed by atoms with van der Waals surface area (Å²) >= 11 is 0. The maximum atomic E-state index is 5.80. The molecule has 1 unspecified atom stereocenters. The first-order valence-corrected chi connectivity index (χ1v) is 8.25. The first kappa shape index (κ1) is 14.5. The van der Waals surface area contributed by atoms with Crippen LogP contribution in [0.3, 0.4) is 0 Å². The fourth-order valence-electron chi connectivity index (χ4n) is 3.08. The Hall–Kier alpha value is -1.42. The van der Waals surface area contributed by atoms with Gasteiger partial charge in [-0.25, -0.2) is 0 Å². The molecule has 2 aliphatic rings. The molecule has 1 aromatic carbocycles. The number of nitrogens with zero attached hydrogens (tertiary/aromatic N) is 1. The highest BCUT2D eigenvalue weighted by Gasteiger charge is 2.21. The van der Waals surface area contributed by atoms with Crippen LogP contribution in [-0.4, -0.2) is 38.9 Å². The van der Waals surface area contributed by atoms with Gasteiger partial charge in [0.2, 0.25) is 0 Å². The molecule has 2 aliphatic heterocycles. The summed E-state index contributed by atoms with van der Waals surface area (Å²) in [6.07, 6.45) is 4.67. The predicted octanol–water partition coefficient (Wildman–Crippen LogP) is 2.82. The lowest BCUT2D eigenvalue weighted by Gasteiger charge is -2.35. The maximum Gasteiger partial charge on any atom is 0.163 e. The third-order valence-corrected chi connectivity index (χ3v) is 4.20. The van der Waals surface area contributed by atoms with Crippen LogP contribution in [0.2, 0.25) is 0 Å². The molecule has 0 spiro atoms. The lowest BCUT2D eigenvalue weighted by atomic mass is 10.0. The quantitative estimate of drug-likeness (QED) is 0.924. The predicted molar refractivity (Wildman–Crippen MR) is 85.6 cm³/mol. The van der Waals surface area contributed by atoms with Crippen molar-refractivity contribution in [2.45, 2.75) is 38.6 Å². The number of hydrogen-bond donors (Lipinski definition) is 1. The Kier molecular flexibility index (Phi) is 4.86. The van der Waals surface area contributed by atoms with Gasteiger partial charge in [0, 0.05) is 37.3 Å². The molecule has 1 aromatic rings. The van der Waals surface area contributed by atoms with Gasteiger partial charge in [0.25, 0.3) is 0 Å². The lowest BCUT2D eigenvalue weighted by Crippen LogP contribution is -2.46. The van der Waals surface area contributed by atoms with Gasteiger partial charge in [0.1, 0.15) is 0 Å². The van der Waals surface area contributed by atoms with Crippen molar-refractivity contribution in [2.24, 2.45) is 0 Å². The minimum absolute atomic E-state index is 0.606. The molecule has 1 N–H and O–H groups in total. The van der Waals surface area contributed by atoms with Gasteiger partial charge < -0.3 is 19.7 Å². The first-order chi connectivity index (χ1) is 10.4. The van der Waals surface area contributed by atoms with E-state index in [4.69, 9.17) is 9.47 Å². The molecule has 1 fully saturated rings. The molecule has 3 rings (SSSR count). The van der Waals surface area contributed by atoms with Gasteiger partial charge in [0.15, 0.2) is 11.5 Å². The average Bonchev–Trinajstić information content (AvgIpc) is 2.77. The fraction of sp³-hybridized carbons (Fsp3) is 0.647. The number of benzene rings is 1. The van der Waals surface area contributed by atoms with E-state index in [1.807, 2.05) is 0 Å². The zero-order valence-electron chi connectivity index (χ0n) is 12.9. The minimum atomic E-state index is 0.606. The van der Waals surface area contributed by atoms with Crippen molar-refractivity contribution in [1.29, 1.82) is 0 Å². The molecule has 1 saturated heterocycles. The minimum Gasteiger partial charge on any atom is -0.490 e. The van der Waals surface area contributed by atoms with Crippen molar-refractivity contribution in [2.75, 3.05) is 37.7 Å². The van der Waals surface area contributed by atoms with Crippen molar-refractivity contribution in [1.82, 2.24) is 5.32 Å². The third-order valence-electron chi connectivity index (χ3n) is 4.20. The van der Waals surface area contributed by atoms with Crippen LogP contribution >= 0.6 is 0 Å². The second kappa shape index (κ2) is 7.03. The molecule has 2 heterocycles. The van der Waals surface area contributed by atoms with Gasteiger partial charge in [-0.2, -0.15) is 0 Å². The van der Waals surface area contributed by atoms with Gasteiger partial charge in [0.05, 0.1) is 13.2 Å². The molecule has 0 radical (unpaired) electrons. The number of hydrogen-bond acceptors (Lipinski definition) is 4. The van der Waals surface area contributed by atoms with E-state index in [0.717, 1.165) is 50.8 Å². The Labute approximate surface area is 127 Å². The topological polar surface area (TPSA) is 33.7 Å². The summed E-state index contributed by atoms with van der Waals surface area (Å²) in [5.74, 6) is 1.78. The zero-order chi connectivity index (χ0) is 14.5. The van der Waals surface area contributed by atoms with Crippen LogP contribution in [0.15, 0.2) is 18.2 Å². The van der Waals surface area contributed by atoms with Gasteiger partial charge in [-0.1, -0.05) is 6.92 Å². The molecule has 0 saturated carbocycles. The van der Waals surface area contributed by atoms with Crippen LogP contribution in [0, 0.1) is 0 Å². The van der Waals surface area contributed by atoms with Gasteiger partial charge in [-0.3, -0.25) is 0 Å². The summed E-state index contributed by atoms with van der Waals surface area (Å²) in [4.78, 5) is 2.46. The highest BCUT2D eigenvalue weighted by Crippen LogP contribution is 2.34. The number of anilines is 1. The standard InChI is InChI=1S/C17H26N2O2/c1-2-8-18-14-5-3-9-19(13-14)15-6-7-16-17(12-15)21-11-4-10-20-16/h6-7,12,14,18H,2-5,8-11,13H2,1H3. The number of piperidine rings is 1. The van der Waals surface area contributed by atoms with E-state index in [9.17, 15) is 0 Å². The van der Waals surface area contributed by atoms with Crippen LogP contribution < -0.4 is 19.7 Å². The Morgan fingerprint density at radius 1 is 1.19 bits per heavy atom. The zero-order valence-corrected chi connectivity index (χ0v) is 12.9. The molecular formula is C17H26N2O2. The SMILES string of the molecule is CCCNC1CCCN(c2ccc3c(c2)OCCCO3)C1. The summed E-state index contributed by atoms with van der Waals surface area (Å²) in [7, 11) is 0. The number of fused-ring (bicyclic) bond motifs is 1. The van der Waals surface area contributed by atoms with Crippen molar-refractivity contribution in [3.05, 3.63) is 18.2 Å². The highest BCUT2D eigenvalue weighted by atomic mass is 16.5. The number of rotatable bonds is 4. The average molecular weight is 290 g/mol. The van der Waals surface area contributed by atoms with Gasteiger partial charge in [-0.05, 0) is 37.9 Å². The van der Waals surface area contributed by atoms with Crippen LogP contribution in [0.4, 0.5) is 5.69 Å². The molecule has 0 aliphatic carbocycles. The molecule has 0 bridgehead atoms. The number of ether oxygens (including phenoxy) is 2. The Bertz CT molecular complexity index is 464. The first-order valence-electron chi connectivity index (χ1n) is 8.25. The summed E-state index contributed by atoms with van der Waals surface area (Å²) in [6.45, 7) is 7.04. The highest BCUT2D eigenvalue weighted by molar-refractivity contribution is 5.57. The van der Waals surface area contributed by atoms with Gasteiger partial charge in [-0.15, -0.1) is 0 Å². The van der Waals surface area contributed by atoms with Crippen LogP contribution in [0.25, 0.3) is 0 Å². The normalized spacial score (nSPS) is 22.0. The fourth-order valence-corrected chi connectivity index (χ4v) is 3.08. The van der Waals surface area contributed by atoms with E-state index >= 15 is 0 Å². The Balaban J connectivity index is 1.69. The summed E-state index contributed by atoms with van der Waals surface area (Å²) in [6, 6.07) is 6.96. The largest absolute Gasteiger partial charge is 0.490 e. The van der Waals surface area contributed by atoms with Crippen LogP contribution in [0.1, 0.15) is 32.6 Å². The van der Waals surface area contributed by atoms with E-state index in [1.54, 1.807) is 0 Å². The van der Waals surface area contributed by atoms with E-state index in [2.05, 4.69) is 35.3 Å². The number of nitrogens with one attached hydrogen (secondary N) is 1. The van der Waals surface area contributed by atoms with Crippen LogP contribution in [-0.2, 0) is 0 Å². The Morgan fingerprint density at radius 2 is 2.05 bits per heavy atom. The summed E-state index contributed by atoms with van der Waals surface area (Å²) in [5, 5.41) is 3.65. The molecule has 4 nitrogen and oxygen atoms in total. The van der Waals surface area contributed by atoms with Crippen molar-refractivity contribution < 1.29 is 9.47 Å². The lowest BCUT2D eigenvalue weighted by molar-refractivity contribution is 0.297.